The van der Waals surface area contributed by atoms with Gasteiger partial charge in [0.1, 0.15) is 6.10 Å². The van der Waals surface area contributed by atoms with Gasteiger partial charge >= 0.3 is 5.97 Å². The molecular weight excluding hydrogens is 397 g/mol. The number of nitrogens with one attached hydrogen (secondary N) is 1. The van der Waals surface area contributed by atoms with Gasteiger partial charge in [0, 0.05) is 17.7 Å². The molecule has 6 heteroatoms. The fourth-order valence-corrected chi connectivity index (χ4v) is 3.47. The molecule has 0 unspecified atom stereocenters. The van der Waals surface area contributed by atoms with Crippen LogP contribution < -0.4 is 5.32 Å². The van der Waals surface area contributed by atoms with Gasteiger partial charge in [-0.05, 0) is 47.5 Å². The number of hydrogen-bond acceptors (Lipinski definition) is 3. The summed E-state index contributed by atoms with van der Waals surface area (Å²) in [6.07, 6.45) is 0.147. The second-order valence-electron chi connectivity index (χ2n) is 6.46. The maximum absolute atomic E-state index is 12.6. The quantitative estimate of drug-likeness (QED) is 0.562. The lowest BCUT2D eigenvalue weighted by Gasteiger charge is -2.25. The van der Waals surface area contributed by atoms with E-state index in [1.807, 2.05) is 30.3 Å². The van der Waals surface area contributed by atoms with Crippen LogP contribution in [-0.2, 0) is 11.2 Å². The van der Waals surface area contributed by atoms with E-state index in [0.717, 1.165) is 11.1 Å². The molecule has 1 heterocycles. The Morgan fingerprint density at radius 1 is 0.964 bits per heavy atom. The minimum Gasteiger partial charge on any atom is -0.454 e. The summed E-state index contributed by atoms with van der Waals surface area (Å²) in [5.41, 5.74) is 3.18. The Hall–Kier alpha value is -2.82. The summed E-state index contributed by atoms with van der Waals surface area (Å²) >= 11 is 11.9. The predicted octanol–water partition coefficient (Wildman–Crippen LogP) is 5.70. The van der Waals surface area contributed by atoms with Gasteiger partial charge in [-0.25, -0.2) is 4.79 Å². The van der Waals surface area contributed by atoms with E-state index in [9.17, 15) is 9.59 Å². The standard InChI is InChI=1S/C22H15Cl2NO3/c23-18-9-7-16(12-19(18)24)25-21(26)14-6-8-17-15(10-14)11-20(28-22(17)27)13-4-2-1-3-5-13/h1-10,12,20H,11H2,(H,25,26)/t20-/m1/s1. The molecule has 140 valence electrons. The molecule has 0 aromatic heterocycles. The van der Waals surface area contributed by atoms with Crippen LogP contribution in [0.3, 0.4) is 0 Å². The maximum atomic E-state index is 12.6. The van der Waals surface area contributed by atoms with Crippen LogP contribution in [0, 0.1) is 0 Å². The number of rotatable bonds is 3. The van der Waals surface area contributed by atoms with Crippen molar-refractivity contribution in [2.45, 2.75) is 12.5 Å². The third-order valence-electron chi connectivity index (χ3n) is 4.59. The maximum Gasteiger partial charge on any atom is 0.339 e. The summed E-state index contributed by atoms with van der Waals surface area (Å²) in [6, 6.07) is 19.4. The lowest BCUT2D eigenvalue weighted by molar-refractivity contribution is 0.0252. The molecule has 0 saturated heterocycles. The van der Waals surface area contributed by atoms with E-state index in [0.29, 0.717) is 33.3 Å². The van der Waals surface area contributed by atoms with Crippen LogP contribution in [0.25, 0.3) is 0 Å². The molecule has 1 N–H and O–H groups in total. The Morgan fingerprint density at radius 2 is 1.75 bits per heavy atom. The summed E-state index contributed by atoms with van der Waals surface area (Å²) in [7, 11) is 0. The highest BCUT2D eigenvalue weighted by molar-refractivity contribution is 6.42. The Morgan fingerprint density at radius 3 is 2.50 bits per heavy atom. The number of carbonyl (C=O) groups excluding carboxylic acids is 2. The Labute approximate surface area is 172 Å². The molecule has 1 aliphatic rings. The molecule has 4 nitrogen and oxygen atoms in total. The molecule has 0 saturated carbocycles. The van der Waals surface area contributed by atoms with Gasteiger partial charge in [0.2, 0.25) is 0 Å². The molecule has 0 aliphatic carbocycles. The van der Waals surface area contributed by atoms with Crippen LogP contribution in [-0.4, -0.2) is 11.9 Å². The number of hydrogen-bond donors (Lipinski definition) is 1. The number of amides is 1. The zero-order valence-electron chi connectivity index (χ0n) is 14.6. The highest BCUT2D eigenvalue weighted by atomic mass is 35.5. The second-order valence-corrected chi connectivity index (χ2v) is 7.28. The minimum atomic E-state index is -0.383. The molecule has 0 fully saturated rings. The fourth-order valence-electron chi connectivity index (χ4n) is 3.17. The largest absolute Gasteiger partial charge is 0.454 e. The number of benzene rings is 3. The lowest BCUT2D eigenvalue weighted by Crippen LogP contribution is -2.23. The normalized spacial score (nSPS) is 15.5. The van der Waals surface area contributed by atoms with Crippen molar-refractivity contribution >= 4 is 40.8 Å². The average Bonchev–Trinajstić information content (AvgIpc) is 2.71. The van der Waals surface area contributed by atoms with Crippen molar-refractivity contribution < 1.29 is 14.3 Å². The number of carbonyl (C=O) groups is 2. The number of anilines is 1. The summed E-state index contributed by atoms with van der Waals surface area (Å²) in [4.78, 5) is 25.0. The van der Waals surface area contributed by atoms with Crippen molar-refractivity contribution in [3.05, 3.63) is 99.0 Å². The van der Waals surface area contributed by atoms with Gasteiger partial charge in [-0.2, -0.15) is 0 Å². The van der Waals surface area contributed by atoms with Gasteiger partial charge in [-0.1, -0.05) is 53.5 Å². The van der Waals surface area contributed by atoms with Gasteiger partial charge in [0.15, 0.2) is 0 Å². The van der Waals surface area contributed by atoms with Crippen molar-refractivity contribution in [1.29, 1.82) is 0 Å². The number of halogens is 2. The first kappa shape index (κ1) is 18.5. The van der Waals surface area contributed by atoms with E-state index in [1.54, 1.807) is 36.4 Å². The van der Waals surface area contributed by atoms with Crippen molar-refractivity contribution in [1.82, 2.24) is 0 Å². The molecule has 1 atom stereocenters. The molecule has 1 amide bonds. The summed E-state index contributed by atoms with van der Waals surface area (Å²) in [5, 5.41) is 3.56. The molecule has 28 heavy (non-hydrogen) atoms. The van der Waals surface area contributed by atoms with Crippen LogP contribution in [0.15, 0.2) is 66.7 Å². The number of fused-ring (bicyclic) bond motifs is 1. The van der Waals surface area contributed by atoms with Crippen molar-refractivity contribution in [2.75, 3.05) is 5.32 Å². The molecule has 3 aromatic rings. The van der Waals surface area contributed by atoms with Crippen LogP contribution >= 0.6 is 23.2 Å². The summed E-state index contributed by atoms with van der Waals surface area (Å²) < 4.78 is 5.55. The topological polar surface area (TPSA) is 55.4 Å². The minimum absolute atomic E-state index is 0.295. The lowest BCUT2D eigenvalue weighted by atomic mass is 9.93. The molecule has 0 radical (unpaired) electrons. The van der Waals surface area contributed by atoms with E-state index in [4.69, 9.17) is 27.9 Å². The van der Waals surface area contributed by atoms with Gasteiger partial charge in [0.05, 0.1) is 15.6 Å². The highest BCUT2D eigenvalue weighted by Gasteiger charge is 2.28. The molecule has 3 aromatic carbocycles. The predicted molar refractivity (Wildman–Crippen MR) is 109 cm³/mol. The average molecular weight is 412 g/mol. The highest BCUT2D eigenvalue weighted by Crippen LogP contribution is 2.31. The molecule has 0 spiro atoms. The fraction of sp³-hybridized carbons (Fsp3) is 0.0909. The van der Waals surface area contributed by atoms with E-state index in [1.165, 1.54) is 0 Å². The van der Waals surface area contributed by atoms with Gasteiger partial charge < -0.3 is 10.1 Å². The van der Waals surface area contributed by atoms with Crippen molar-refractivity contribution in [3.63, 3.8) is 0 Å². The third-order valence-corrected chi connectivity index (χ3v) is 5.33. The van der Waals surface area contributed by atoms with Gasteiger partial charge in [-0.15, -0.1) is 0 Å². The number of ether oxygens (including phenoxy) is 1. The van der Waals surface area contributed by atoms with Crippen molar-refractivity contribution in [3.8, 4) is 0 Å². The van der Waals surface area contributed by atoms with Gasteiger partial charge in [0.25, 0.3) is 5.91 Å². The van der Waals surface area contributed by atoms with Crippen molar-refractivity contribution in [2.24, 2.45) is 0 Å². The SMILES string of the molecule is O=C(Nc1ccc(Cl)c(Cl)c1)c1ccc2c(c1)C[C@H](c1ccccc1)OC2=O. The number of esters is 1. The van der Waals surface area contributed by atoms with E-state index < -0.39 is 0 Å². The monoisotopic (exact) mass is 411 g/mol. The first-order chi connectivity index (χ1) is 13.5. The number of cyclic esters (lactones) is 1. The van der Waals surface area contributed by atoms with Crippen LogP contribution in [0.2, 0.25) is 10.0 Å². The van der Waals surface area contributed by atoms with Crippen LogP contribution in [0.5, 0.6) is 0 Å². The second kappa shape index (κ2) is 7.66. The Balaban J connectivity index is 1.58. The molecule has 0 bridgehead atoms. The summed E-state index contributed by atoms with van der Waals surface area (Å²) in [5.74, 6) is -0.678. The zero-order valence-corrected chi connectivity index (χ0v) is 16.1. The Bertz CT molecular complexity index is 1070. The molecular formula is C22H15Cl2NO3. The summed E-state index contributed by atoms with van der Waals surface area (Å²) in [6.45, 7) is 0. The van der Waals surface area contributed by atoms with Gasteiger partial charge in [-0.3, -0.25) is 4.79 Å². The molecule has 4 rings (SSSR count). The first-order valence-electron chi connectivity index (χ1n) is 8.66. The van der Waals surface area contributed by atoms with E-state index >= 15 is 0 Å². The Kier molecular flexibility index (Phi) is 5.07. The van der Waals surface area contributed by atoms with E-state index in [-0.39, 0.29) is 18.0 Å². The first-order valence-corrected chi connectivity index (χ1v) is 9.42. The van der Waals surface area contributed by atoms with Crippen LogP contribution in [0.4, 0.5) is 5.69 Å². The van der Waals surface area contributed by atoms with E-state index in [2.05, 4.69) is 5.32 Å². The third kappa shape index (κ3) is 3.75. The molecule has 1 aliphatic heterocycles. The van der Waals surface area contributed by atoms with Crippen LogP contribution in [0.1, 0.15) is 37.9 Å². The zero-order chi connectivity index (χ0) is 19.7. The smallest absolute Gasteiger partial charge is 0.339 e.